The van der Waals surface area contributed by atoms with Crippen LogP contribution in [0.3, 0.4) is 0 Å². The predicted molar refractivity (Wildman–Crippen MR) is 61.4 cm³/mol. The van der Waals surface area contributed by atoms with E-state index in [1.54, 1.807) is 31.2 Å². The van der Waals surface area contributed by atoms with Gasteiger partial charge in [0.1, 0.15) is 5.76 Å². The van der Waals surface area contributed by atoms with Gasteiger partial charge in [-0.3, -0.25) is 0 Å². The highest BCUT2D eigenvalue weighted by atomic mass is 79.9. The molecule has 0 saturated heterocycles. The Bertz CT molecular complexity index is 368. The van der Waals surface area contributed by atoms with E-state index in [4.69, 9.17) is 0 Å². The smallest absolute Gasteiger partial charge is 0.334 e. The SMILES string of the molecule is CCOC(=O)/C=C(\O)c1ccc(Br)cc1. The van der Waals surface area contributed by atoms with Crippen LogP contribution < -0.4 is 0 Å². The lowest BCUT2D eigenvalue weighted by Crippen LogP contribution is -2.00. The number of carbonyl (C=O) groups excluding carboxylic acids is 1. The van der Waals surface area contributed by atoms with Crippen molar-refractivity contribution in [2.75, 3.05) is 6.61 Å². The maximum Gasteiger partial charge on any atom is 0.334 e. The fourth-order valence-corrected chi connectivity index (χ4v) is 1.26. The van der Waals surface area contributed by atoms with Crippen LogP contribution in [-0.4, -0.2) is 17.7 Å². The van der Waals surface area contributed by atoms with Gasteiger partial charge in [0.25, 0.3) is 0 Å². The second kappa shape index (κ2) is 5.56. The van der Waals surface area contributed by atoms with Crippen LogP contribution in [0.15, 0.2) is 34.8 Å². The largest absolute Gasteiger partial charge is 0.507 e. The minimum atomic E-state index is -0.544. The van der Waals surface area contributed by atoms with Crippen molar-refractivity contribution in [3.63, 3.8) is 0 Å². The number of benzene rings is 1. The van der Waals surface area contributed by atoms with E-state index < -0.39 is 5.97 Å². The summed E-state index contributed by atoms with van der Waals surface area (Å²) in [5.74, 6) is -0.640. The Labute approximate surface area is 96.5 Å². The number of hydrogen-bond donors (Lipinski definition) is 1. The minimum Gasteiger partial charge on any atom is -0.507 e. The first-order valence-electron chi connectivity index (χ1n) is 4.47. The molecule has 0 bridgehead atoms. The average Bonchev–Trinajstić information content (AvgIpc) is 2.18. The summed E-state index contributed by atoms with van der Waals surface area (Å²) in [6.07, 6.45) is 1.06. The molecule has 0 aliphatic heterocycles. The maximum atomic E-state index is 11.0. The molecular formula is C11H11BrO3. The van der Waals surface area contributed by atoms with Gasteiger partial charge in [0.05, 0.1) is 12.7 Å². The number of carbonyl (C=O) groups is 1. The van der Waals surface area contributed by atoms with Gasteiger partial charge in [0.2, 0.25) is 0 Å². The summed E-state index contributed by atoms with van der Waals surface area (Å²) in [6.45, 7) is 2.01. The fourth-order valence-electron chi connectivity index (χ4n) is 1.000. The molecule has 0 atom stereocenters. The first-order valence-corrected chi connectivity index (χ1v) is 5.26. The Morgan fingerprint density at radius 3 is 2.60 bits per heavy atom. The Kier molecular flexibility index (Phi) is 4.37. The van der Waals surface area contributed by atoms with Crippen molar-refractivity contribution in [1.82, 2.24) is 0 Å². The quantitative estimate of drug-likeness (QED) is 0.522. The van der Waals surface area contributed by atoms with E-state index in [0.717, 1.165) is 10.5 Å². The number of hydrogen-bond acceptors (Lipinski definition) is 3. The van der Waals surface area contributed by atoms with E-state index in [-0.39, 0.29) is 5.76 Å². The summed E-state index contributed by atoms with van der Waals surface area (Å²) in [6, 6.07) is 6.97. The van der Waals surface area contributed by atoms with Gasteiger partial charge in [-0.1, -0.05) is 28.1 Å². The second-order valence-electron chi connectivity index (χ2n) is 2.79. The van der Waals surface area contributed by atoms with Gasteiger partial charge in [-0.05, 0) is 19.1 Å². The third kappa shape index (κ3) is 3.75. The zero-order chi connectivity index (χ0) is 11.3. The number of rotatable bonds is 3. The highest BCUT2D eigenvalue weighted by Gasteiger charge is 2.03. The molecule has 1 N–H and O–H groups in total. The molecule has 0 radical (unpaired) electrons. The molecule has 0 heterocycles. The van der Waals surface area contributed by atoms with E-state index in [1.807, 2.05) is 0 Å². The van der Waals surface area contributed by atoms with Crippen molar-refractivity contribution >= 4 is 27.7 Å². The number of aliphatic hydroxyl groups excluding tert-OH is 1. The van der Waals surface area contributed by atoms with Crippen molar-refractivity contribution in [3.05, 3.63) is 40.4 Å². The van der Waals surface area contributed by atoms with Crippen molar-refractivity contribution < 1.29 is 14.6 Å². The average molecular weight is 271 g/mol. The van der Waals surface area contributed by atoms with Crippen molar-refractivity contribution in [2.45, 2.75) is 6.92 Å². The lowest BCUT2D eigenvalue weighted by Gasteiger charge is -2.00. The van der Waals surface area contributed by atoms with Crippen LogP contribution in [-0.2, 0) is 9.53 Å². The molecule has 15 heavy (non-hydrogen) atoms. The summed E-state index contributed by atoms with van der Waals surface area (Å²) in [5, 5.41) is 9.55. The van der Waals surface area contributed by atoms with Crippen LogP contribution in [0.1, 0.15) is 12.5 Å². The Morgan fingerprint density at radius 1 is 1.47 bits per heavy atom. The zero-order valence-electron chi connectivity index (χ0n) is 8.24. The Morgan fingerprint density at radius 2 is 2.07 bits per heavy atom. The molecule has 80 valence electrons. The number of ether oxygens (including phenoxy) is 1. The Hall–Kier alpha value is -1.29. The van der Waals surface area contributed by atoms with E-state index in [1.165, 1.54) is 0 Å². The van der Waals surface area contributed by atoms with Gasteiger partial charge in [-0.2, -0.15) is 0 Å². The van der Waals surface area contributed by atoms with E-state index in [0.29, 0.717) is 12.2 Å². The molecule has 0 unspecified atom stereocenters. The number of halogens is 1. The van der Waals surface area contributed by atoms with Crippen LogP contribution in [0.5, 0.6) is 0 Å². The number of esters is 1. The van der Waals surface area contributed by atoms with Gasteiger partial charge in [0, 0.05) is 10.0 Å². The molecule has 1 aromatic rings. The summed E-state index contributed by atoms with van der Waals surface area (Å²) >= 11 is 3.28. The molecule has 3 nitrogen and oxygen atoms in total. The van der Waals surface area contributed by atoms with Crippen LogP contribution in [0.4, 0.5) is 0 Å². The zero-order valence-corrected chi connectivity index (χ0v) is 9.82. The van der Waals surface area contributed by atoms with Crippen molar-refractivity contribution in [3.8, 4) is 0 Å². The van der Waals surface area contributed by atoms with E-state index in [9.17, 15) is 9.90 Å². The van der Waals surface area contributed by atoms with Gasteiger partial charge >= 0.3 is 5.97 Å². The molecule has 0 saturated carbocycles. The van der Waals surface area contributed by atoms with E-state index in [2.05, 4.69) is 20.7 Å². The summed E-state index contributed by atoms with van der Waals surface area (Å²) in [4.78, 5) is 11.0. The van der Waals surface area contributed by atoms with Gasteiger partial charge in [-0.25, -0.2) is 4.79 Å². The molecule has 0 aliphatic carbocycles. The molecular weight excluding hydrogens is 260 g/mol. The summed E-state index contributed by atoms with van der Waals surface area (Å²) < 4.78 is 5.59. The molecule has 0 fully saturated rings. The predicted octanol–water partition coefficient (Wildman–Crippen LogP) is 2.91. The third-order valence-electron chi connectivity index (χ3n) is 1.68. The van der Waals surface area contributed by atoms with Gasteiger partial charge < -0.3 is 9.84 Å². The van der Waals surface area contributed by atoms with Gasteiger partial charge in [-0.15, -0.1) is 0 Å². The first kappa shape index (κ1) is 11.8. The highest BCUT2D eigenvalue weighted by molar-refractivity contribution is 9.10. The minimum absolute atomic E-state index is 0.0963. The summed E-state index contributed by atoms with van der Waals surface area (Å²) in [7, 11) is 0. The van der Waals surface area contributed by atoms with Gasteiger partial charge in [0.15, 0.2) is 0 Å². The highest BCUT2D eigenvalue weighted by Crippen LogP contribution is 2.15. The topological polar surface area (TPSA) is 46.5 Å². The van der Waals surface area contributed by atoms with Crippen LogP contribution in [0.25, 0.3) is 5.76 Å². The molecule has 1 rings (SSSR count). The third-order valence-corrected chi connectivity index (χ3v) is 2.21. The lowest BCUT2D eigenvalue weighted by atomic mass is 10.2. The van der Waals surface area contributed by atoms with E-state index >= 15 is 0 Å². The van der Waals surface area contributed by atoms with Crippen molar-refractivity contribution in [1.29, 1.82) is 0 Å². The fraction of sp³-hybridized carbons (Fsp3) is 0.182. The normalized spacial score (nSPS) is 11.2. The molecule has 0 aliphatic rings. The molecule has 0 aromatic heterocycles. The van der Waals surface area contributed by atoms with Crippen LogP contribution in [0, 0.1) is 0 Å². The molecule has 0 amide bonds. The first-order chi connectivity index (χ1) is 7.13. The van der Waals surface area contributed by atoms with Crippen LogP contribution >= 0.6 is 15.9 Å². The number of aliphatic hydroxyl groups is 1. The molecule has 0 spiro atoms. The van der Waals surface area contributed by atoms with Crippen molar-refractivity contribution in [2.24, 2.45) is 0 Å². The second-order valence-corrected chi connectivity index (χ2v) is 3.70. The summed E-state index contributed by atoms with van der Waals surface area (Å²) in [5.41, 5.74) is 0.575. The maximum absolute atomic E-state index is 11.0. The lowest BCUT2D eigenvalue weighted by molar-refractivity contribution is -0.137. The molecule has 4 heteroatoms. The van der Waals surface area contributed by atoms with Crippen LogP contribution in [0.2, 0.25) is 0 Å². The standard InChI is InChI=1S/C11H11BrO3/c1-2-15-11(14)7-10(13)8-3-5-9(12)6-4-8/h3-7,13H,2H2,1H3/b10-7-. The Balaban J connectivity index is 2.79. The molecule has 1 aromatic carbocycles. The monoisotopic (exact) mass is 270 g/mol.